The van der Waals surface area contributed by atoms with Gasteiger partial charge in [-0.3, -0.25) is 14.4 Å². The van der Waals surface area contributed by atoms with Gasteiger partial charge in [-0.05, 0) is 188 Å². The summed E-state index contributed by atoms with van der Waals surface area (Å²) in [5.41, 5.74) is 5.82. The highest BCUT2D eigenvalue weighted by molar-refractivity contribution is 5.96. The Morgan fingerprint density at radius 3 is 1.99 bits per heavy atom. The van der Waals surface area contributed by atoms with E-state index in [4.69, 9.17) is 14.2 Å². The minimum atomic E-state index is -1.12. The van der Waals surface area contributed by atoms with Crippen molar-refractivity contribution in [2.45, 2.75) is 235 Å². The molecule has 1 saturated heterocycles. The van der Waals surface area contributed by atoms with Gasteiger partial charge < -0.3 is 24.4 Å². The lowest BCUT2D eigenvalue weighted by atomic mass is 9.44. The molecule has 2 N–H and O–H groups in total. The molecule has 6 aliphatic carbocycles. The second-order valence-electron chi connectivity index (χ2n) is 27.1. The summed E-state index contributed by atoms with van der Waals surface area (Å²) >= 11 is 0. The lowest BCUT2D eigenvalue weighted by Crippen LogP contribution is -2.54. The maximum Gasteiger partial charge on any atom is 0.306 e. The molecule has 408 valence electrons. The van der Waals surface area contributed by atoms with E-state index in [1.54, 1.807) is 6.92 Å². The second-order valence-corrected chi connectivity index (χ2v) is 27.1. The second kappa shape index (κ2) is 22.3. The zero-order chi connectivity index (χ0) is 54.2. The van der Waals surface area contributed by atoms with E-state index < -0.39 is 16.8 Å². The van der Waals surface area contributed by atoms with Gasteiger partial charge in [0.1, 0.15) is 17.8 Å². The molecule has 0 aromatic heterocycles. The van der Waals surface area contributed by atoms with E-state index in [0.717, 1.165) is 59.3 Å². The number of carbonyl (C=O) groups excluding carboxylic acids is 3. The van der Waals surface area contributed by atoms with Gasteiger partial charge in [0, 0.05) is 43.6 Å². The number of ketones is 1. The molecule has 7 aliphatic rings. The fraction of sp³-hybridized carbons (Fsp3) is 0.697. The molecule has 0 bridgehead atoms. The predicted octanol–water partition coefficient (Wildman–Crippen LogP) is 14.7. The van der Waals surface area contributed by atoms with Gasteiger partial charge in [0.2, 0.25) is 0 Å². The van der Waals surface area contributed by atoms with Gasteiger partial charge in [0.25, 0.3) is 0 Å². The highest BCUT2D eigenvalue weighted by Crippen LogP contribution is 2.69. The van der Waals surface area contributed by atoms with E-state index in [-0.39, 0.29) is 46.9 Å². The number of ether oxygens (including phenoxy) is 3. The predicted molar refractivity (Wildman–Crippen MR) is 298 cm³/mol. The molecule has 7 rings (SSSR count). The Bertz CT molecular complexity index is 2390. The highest BCUT2D eigenvalue weighted by Gasteiger charge is 2.76. The molecule has 1 heterocycles. The van der Waals surface area contributed by atoms with Crippen molar-refractivity contribution in [3.8, 4) is 0 Å². The molecular formula is C66H96O8. The van der Waals surface area contributed by atoms with Crippen LogP contribution in [0.4, 0.5) is 0 Å². The molecule has 14 atom stereocenters. The number of carbonyl (C=O) groups is 3. The normalized spacial score (nSPS) is 39.4. The van der Waals surface area contributed by atoms with Crippen LogP contribution < -0.4 is 0 Å². The number of rotatable bonds is 16. The van der Waals surface area contributed by atoms with Crippen molar-refractivity contribution in [3.63, 3.8) is 0 Å². The molecule has 1 aliphatic heterocycles. The van der Waals surface area contributed by atoms with E-state index >= 15 is 0 Å². The Hall–Kier alpha value is -3.81. The van der Waals surface area contributed by atoms with Crippen LogP contribution in [-0.4, -0.2) is 63.0 Å². The van der Waals surface area contributed by atoms with E-state index in [1.165, 1.54) is 51.9 Å². The summed E-state index contributed by atoms with van der Waals surface area (Å²) in [5, 5.41) is 21.7. The van der Waals surface area contributed by atoms with Crippen molar-refractivity contribution in [1.29, 1.82) is 0 Å². The Kier molecular flexibility index (Phi) is 17.4. The van der Waals surface area contributed by atoms with Crippen LogP contribution in [0.1, 0.15) is 200 Å². The first-order chi connectivity index (χ1) is 34.5. The third kappa shape index (κ3) is 12.3. The smallest absolute Gasteiger partial charge is 0.306 e. The molecule has 0 amide bonds. The van der Waals surface area contributed by atoms with E-state index in [9.17, 15) is 24.6 Å². The Morgan fingerprint density at radius 2 is 1.34 bits per heavy atom. The minimum Gasteiger partial charge on any atom is -0.462 e. The number of allylic oxidation sites excluding steroid dienone is 14. The topological polar surface area (TPSA) is 123 Å². The molecule has 7 fully saturated rings. The van der Waals surface area contributed by atoms with Gasteiger partial charge in [0.05, 0.1) is 17.3 Å². The van der Waals surface area contributed by atoms with Gasteiger partial charge in [-0.1, -0.05) is 120 Å². The fourth-order valence-corrected chi connectivity index (χ4v) is 16.8. The molecule has 6 saturated carbocycles. The van der Waals surface area contributed by atoms with Crippen molar-refractivity contribution in [3.05, 3.63) is 100 Å². The molecule has 0 aromatic rings. The number of aliphatic hydroxyl groups excluding tert-OH is 1. The fourth-order valence-electron chi connectivity index (χ4n) is 16.8. The summed E-state index contributed by atoms with van der Waals surface area (Å²) in [6.45, 7) is 29.3. The van der Waals surface area contributed by atoms with Crippen LogP contribution in [0.15, 0.2) is 100 Å². The molecule has 8 heteroatoms. The molecule has 0 aromatic carbocycles. The summed E-state index contributed by atoms with van der Waals surface area (Å²) in [6, 6.07) is 0. The quantitative estimate of drug-likeness (QED) is 0.0515. The first-order valence-corrected chi connectivity index (χ1v) is 28.7. The van der Waals surface area contributed by atoms with E-state index in [2.05, 4.69) is 61.1 Å². The molecule has 0 radical (unpaired) electrons. The first-order valence-electron chi connectivity index (χ1n) is 28.7. The SMILES string of the molecule is CC(=O)O[C@H]1CC(C)(C)C(=C=C/C(C)=C/C=C/C(C)=C/C=C/C=C(C)/C=C/C=C(\C)C(=O)C[C@@]23O[C@]2(C)C[C@@H](OC(=O)CC[C@@H](C)[C@H]2CC[C@H]4[C@@H]5CC[C@@H]6C[C@H](O)CC[C@]6(C)[C@H]5CC[C@]24C)CC3(C)C)[C@](C)(O)C1. The lowest BCUT2D eigenvalue weighted by Gasteiger charge is -2.61. The molecule has 0 spiro atoms. The van der Waals surface area contributed by atoms with E-state index in [1.807, 2.05) is 94.5 Å². The average Bonchev–Trinajstić information content (AvgIpc) is 3.74. The van der Waals surface area contributed by atoms with Crippen LogP contribution in [0.2, 0.25) is 0 Å². The van der Waals surface area contributed by atoms with Crippen LogP contribution in [0.5, 0.6) is 0 Å². The molecular weight excluding hydrogens is 921 g/mol. The van der Waals surface area contributed by atoms with Crippen molar-refractivity contribution < 1.29 is 38.8 Å². The summed E-state index contributed by atoms with van der Waals surface area (Å²) in [4.78, 5) is 38.9. The zero-order valence-electron chi connectivity index (χ0n) is 48.2. The maximum absolute atomic E-state index is 13.8. The maximum atomic E-state index is 13.8. The van der Waals surface area contributed by atoms with Crippen LogP contribution >= 0.6 is 0 Å². The summed E-state index contributed by atoms with van der Waals surface area (Å²) in [6.07, 6.45) is 36.2. The van der Waals surface area contributed by atoms with Crippen molar-refractivity contribution in [1.82, 2.24) is 0 Å². The first kappa shape index (κ1) is 57.9. The van der Waals surface area contributed by atoms with Gasteiger partial charge in [-0.25, -0.2) is 0 Å². The van der Waals surface area contributed by atoms with Crippen molar-refractivity contribution in [2.75, 3.05) is 0 Å². The molecule has 74 heavy (non-hydrogen) atoms. The van der Waals surface area contributed by atoms with Crippen LogP contribution in [0, 0.1) is 57.2 Å². The van der Waals surface area contributed by atoms with Crippen LogP contribution in [-0.2, 0) is 28.6 Å². The number of epoxide rings is 1. The van der Waals surface area contributed by atoms with Gasteiger partial charge in [-0.15, -0.1) is 5.73 Å². The Labute approximate surface area is 447 Å². The van der Waals surface area contributed by atoms with Gasteiger partial charge in [0.15, 0.2) is 5.78 Å². The number of fused-ring (bicyclic) bond motifs is 6. The summed E-state index contributed by atoms with van der Waals surface area (Å²) in [7, 11) is 0. The number of aliphatic hydroxyl groups is 2. The Morgan fingerprint density at radius 1 is 0.716 bits per heavy atom. The molecule has 0 unspecified atom stereocenters. The van der Waals surface area contributed by atoms with Gasteiger partial charge >= 0.3 is 11.9 Å². The van der Waals surface area contributed by atoms with Crippen molar-refractivity contribution >= 4 is 17.7 Å². The van der Waals surface area contributed by atoms with Crippen LogP contribution in [0.25, 0.3) is 0 Å². The summed E-state index contributed by atoms with van der Waals surface area (Å²) < 4.78 is 18.3. The third-order valence-electron chi connectivity index (χ3n) is 20.6. The number of hydrogen-bond donors (Lipinski definition) is 2. The monoisotopic (exact) mass is 1020 g/mol. The lowest BCUT2D eigenvalue weighted by molar-refractivity contribution is -0.154. The molecule has 8 nitrogen and oxygen atoms in total. The van der Waals surface area contributed by atoms with Crippen LogP contribution in [0.3, 0.4) is 0 Å². The third-order valence-corrected chi connectivity index (χ3v) is 20.6. The summed E-state index contributed by atoms with van der Waals surface area (Å²) in [5.74, 6) is 3.88. The minimum absolute atomic E-state index is 0.0770. The number of esters is 2. The van der Waals surface area contributed by atoms with Gasteiger partial charge in [-0.2, -0.15) is 0 Å². The van der Waals surface area contributed by atoms with E-state index in [0.29, 0.717) is 72.7 Å². The number of hydrogen-bond acceptors (Lipinski definition) is 8. The largest absolute Gasteiger partial charge is 0.462 e. The highest BCUT2D eigenvalue weighted by atomic mass is 16.6. The number of Topliss-reactive ketones (excluding diaryl/α,β-unsaturated/α-hetero) is 1. The van der Waals surface area contributed by atoms with Crippen molar-refractivity contribution in [2.24, 2.45) is 57.2 Å². The zero-order valence-corrected chi connectivity index (χ0v) is 48.2. The Balaban J connectivity index is 0.843. The standard InChI is InChI=1S/C66H96O8/c1-43(21-17-22-45(3)25-31-58-60(7,8)38-51(72-48(6)67)40-64(58,13)71)19-15-16-20-44(2)23-18-24-47(5)57(69)42-66-61(9,10)39-52(41-65(66,14)74-66)73-59(70)32-26-46(4)54-29-30-55-53-28-27-49-37-50(68)33-35-62(49,11)56(53)34-36-63(54,55)12/h15-25,46,49-56,68,71H,26-30,32-42H2,1-14H3/b16-15+,21-17+,23-18+,43-19+,44-20+,45-22+,47-24+/t31?,46-,49-,50-,51+,52+,53+,54-,55+,56+,62+,63-,64-,65-,66+/m1/s1. The average molecular weight is 1020 g/mol.